The lowest BCUT2D eigenvalue weighted by Gasteiger charge is -2.25. The predicted molar refractivity (Wildman–Crippen MR) is 38.2 cm³/mol. The third kappa shape index (κ3) is 1.66. The minimum atomic E-state index is -4.55. The zero-order valence-corrected chi connectivity index (χ0v) is 6.78. The summed E-state index contributed by atoms with van der Waals surface area (Å²) in [5.41, 5.74) is 0. The monoisotopic (exact) mass is 192 g/mol. The van der Waals surface area contributed by atoms with Crippen molar-refractivity contribution in [3.05, 3.63) is 0 Å². The summed E-state index contributed by atoms with van der Waals surface area (Å²) in [5, 5.41) is 13.0. The van der Waals surface area contributed by atoms with Crippen LogP contribution in [0.15, 0.2) is 5.10 Å². The molecule has 0 aromatic carbocycles. The lowest BCUT2D eigenvalue weighted by molar-refractivity contribution is -0.228. The Kier molecular flexibility index (Phi) is 2.32. The molecule has 7 heteroatoms. The molecule has 1 atom stereocenters. The summed E-state index contributed by atoms with van der Waals surface area (Å²) < 4.78 is 36.5. The van der Waals surface area contributed by atoms with Crippen molar-refractivity contribution in [3.63, 3.8) is 0 Å². The standard InChI is InChI=1S/C6H7F3N4/c1-2-13-5(3-10)12(4-11-13)6(7,8)9/h4-5H,2H2,1H3. The molecule has 1 aliphatic heterocycles. The molecule has 4 nitrogen and oxygen atoms in total. The van der Waals surface area contributed by atoms with Crippen LogP contribution in [0.3, 0.4) is 0 Å². The lowest BCUT2D eigenvalue weighted by Crippen LogP contribution is -2.46. The fourth-order valence-electron chi connectivity index (χ4n) is 0.979. The first-order chi connectivity index (χ1) is 6.00. The number of nitriles is 1. The van der Waals surface area contributed by atoms with Crippen molar-refractivity contribution in [3.8, 4) is 6.07 Å². The molecular weight excluding hydrogens is 185 g/mol. The van der Waals surface area contributed by atoms with E-state index in [4.69, 9.17) is 5.26 Å². The maximum Gasteiger partial charge on any atom is 0.488 e. The Bertz CT molecular complexity index is 254. The normalized spacial score (nSPS) is 22.2. The molecule has 0 radical (unpaired) electrons. The highest BCUT2D eigenvalue weighted by Gasteiger charge is 2.45. The lowest BCUT2D eigenvalue weighted by atomic mass is 10.4. The van der Waals surface area contributed by atoms with Crippen LogP contribution in [-0.4, -0.2) is 35.3 Å². The van der Waals surface area contributed by atoms with E-state index in [1.165, 1.54) is 6.07 Å². The van der Waals surface area contributed by atoms with Gasteiger partial charge in [-0.05, 0) is 6.92 Å². The van der Waals surface area contributed by atoms with Gasteiger partial charge in [-0.3, -0.25) is 5.01 Å². The van der Waals surface area contributed by atoms with Crippen molar-refractivity contribution in [2.75, 3.05) is 6.54 Å². The van der Waals surface area contributed by atoms with Gasteiger partial charge in [-0.2, -0.15) is 10.4 Å². The number of hydrogen-bond donors (Lipinski definition) is 0. The van der Waals surface area contributed by atoms with Gasteiger partial charge in [0, 0.05) is 6.54 Å². The van der Waals surface area contributed by atoms with E-state index in [0.717, 1.165) is 5.01 Å². The molecular formula is C6H7F3N4. The van der Waals surface area contributed by atoms with E-state index in [0.29, 0.717) is 6.34 Å². The molecule has 0 aromatic rings. The summed E-state index contributed by atoms with van der Waals surface area (Å²) in [6.45, 7) is 1.89. The molecule has 13 heavy (non-hydrogen) atoms. The third-order valence-electron chi connectivity index (χ3n) is 1.60. The Labute approximate surface area is 72.8 Å². The fourth-order valence-corrected chi connectivity index (χ4v) is 0.979. The average molecular weight is 192 g/mol. The minimum Gasteiger partial charge on any atom is -0.260 e. The Balaban J connectivity index is 2.82. The molecule has 1 heterocycles. The molecule has 0 saturated heterocycles. The quantitative estimate of drug-likeness (QED) is 0.580. The highest BCUT2D eigenvalue weighted by molar-refractivity contribution is 5.58. The van der Waals surface area contributed by atoms with Gasteiger partial charge in [0.1, 0.15) is 12.4 Å². The maximum atomic E-state index is 12.2. The second-order valence-corrected chi connectivity index (χ2v) is 2.36. The summed E-state index contributed by atoms with van der Waals surface area (Å²) in [7, 11) is 0. The van der Waals surface area contributed by atoms with Gasteiger partial charge in [0.2, 0.25) is 6.17 Å². The molecule has 0 N–H and O–H groups in total. The Morgan fingerprint density at radius 3 is 2.62 bits per heavy atom. The number of alkyl halides is 3. The van der Waals surface area contributed by atoms with Crippen molar-refractivity contribution in [1.29, 1.82) is 5.26 Å². The first-order valence-electron chi connectivity index (χ1n) is 3.56. The molecule has 1 rings (SSSR count). The number of nitrogens with zero attached hydrogens (tertiary/aromatic N) is 4. The summed E-state index contributed by atoms with van der Waals surface area (Å²) >= 11 is 0. The van der Waals surface area contributed by atoms with Crippen molar-refractivity contribution in [2.45, 2.75) is 19.4 Å². The molecule has 72 valence electrons. The van der Waals surface area contributed by atoms with Gasteiger partial charge in [0.25, 0.3) is 0 Å². The van der Waals surface area contributed by atoms with Crippen LogP contribution in [0.4, 0.5) is 13.2 Å². The smallest absolute Gasteiger partial charge is 0.260 e. The summed E-state index contributed by atoms with van der Waals surface area (Å²) in [6.07, 6.45) is -5.30. The molecule has 0 saturated carbocycles. The maximum absolute atomic E-state index is 12.2. The highest BCUT2D eigenvalue weighted by Crippen LogP contribution is 2.26. The number of rotatable bonds is 1. The Morgan fingerprint density at radius 2 is 2.23 bits per heavy atom. The largest absolute Gasteiger partial charge is 0.488 e. The van der Waals surface area contributed by atoms with Gasteiger partial charge in [0.05, 0.1) is 0 Å². The average Bonchev–Trinajstić information content (AvgIpc) is 2.45. The van der Waals surface area contributed by atoms with Crippen molar-refractivity contribution >= 4 is 6.34 Å². The molecule has 0 spiro atoms. The van der Waals surface area contributed by atoms with Crippen molar-refractivity contribution in [2.24, 2.45) is 5.10 Å². The van der Waals surface area contributed by atoms with Gasteiger partial charge in [0.15, 0.2) is 0 Å². The van der Waals surface area contributed by atoms with Crippen LogP contribution in [0, 0.1) is 11.3 Å². The van der Waals surface area contributed by atoms with E-state index < -0.39 is 12.5 Å². The Hall–Kier alpha value is -1.45. The van der Waals surface area contributed by atoms with Gasteiger partial charge in [-0.25, -0.2) is 4.90 Å². The van der Waals surface area contributed by atoms with E-state index in [9.17, 15) is 13.2 Å². The van der Waals surface area contributed by atoms with E-state index in [1.54, 1.807) is 6.92 Å². The van der Waals surface area contributed by atoms with Gasteiger partial charge in [-0.15, -0.1) is 13.2 Å². The van der Waals surface area contributed by atoms with E-state index >= 15 is 0 Å². The molecule has 0 fully saturated rings. The zero-order valence-electron chi connectivity index (χ0n) is 6.78. The van der Waals surface area contributed by atoms with Crippen LogP contribution in [0.1, 0.15) is 6.92 Å². The molecule has 0 bridgehead atoms. The summed E-state index contributed by atoms with van der Waals surface area (Å²) in [4.78, 5) is -0.0312. The van der Waals surface area contributed by atoms with Gasteiger partial charge >= 0.3 is 6.30 Å². The molecule has 0 aromatic heterocycles. The van der Waals surface area contributed by atoms with Gasteiger partial charge < -0.3 is 0 Å². The number of halogens is 3. The first-order valence-corrected chi connectivity index (χ1v) is 3.56. The first kappa shape index (κ1) is 9.64. The summed E-state index contributed by atoms with van der Waals surface area (Å²) in [6, 6.07) is 1.53. The predicted octanol–water partition coefficient (Wildman–Crippen LogP) is 0.937. The van der Waals surface area contributed by atoms with E-state index in [2.05, 4.69) is 5.10 Å². The molecule has 0 aliphatic carbocycles. The number of hydrogen-bond acceptors (Lipinski definition) is 4. The molecule has 1 aliphatic rings. The second-order valence-electron chi connectivity index (χ2n) is 2.36. The van der Waals surface area contributed by atoms with Crippen molar-refractivity contribution < 1.29 is 13.2 Å². The van der Waals surface area contributed by atoms with Crippen LogP contribution < -0.4 is 0 Å². The van der Waals surface area contributed by atoms with E-state index in [1.807, 2.05) is 0 Å². The zero-order chi connectivity index (χ0) is 10.1. The summed E-state index contributed by atoms with van der Waals surface area (Å²) in [5.74, 6) is 0. The topological polar surface area (TPSA) is 42.6 Å². The van der Waals surface area contributed by atoms with Crippen LogP contribution >= 0.6 is 0 Å². The van der Waals surface area contributed by atoms with Gasteiger partial charge in [-0.1, -0.05) is 0 Å². The molecule has 1 unspecified atom stereocenters. The van der Waals surface area contributed by atoms with Crippen LogP contribution in [0.5, 0.6) is 0 Å². The van der Waals surface area contributed by atoms with Crippen LogP contribution in [0.2, 0.25) is 0 Å². The SMILES string of the molecule is CCN1N=CN(C(F)(F)F)C1C#N. The second kappa shape index (κ2) is 3.12. The third-order valence-corrected chi connectivity index (χ3v) is 1.60. The minimum absolute atomic E-state index is 0.0312. The fraction of sp³-hybridized carbons (Fsp3) is 0.667. The van der Waals surface area contributed by atoms with E-state index in [-0.39, 0.29) is 11.4 Å². The highest BCUT2D eigenvalue weighted by atomic mass is 19.4. The number of hydrazone groups is 1. The van der Waals surface area contributed by atoms with Crippen LogP contribution in [0.25, 0.3) is 0 Å². The Morgan fingerprint density at radius 1 is 1.62 bits per heavy atom. The van der Waals surface area contributed by atoms with Crippen LogP contribution in [-0.2, 0) is 0 Å². The van der Waals surface area contributed by atoms with Crippen molar-refractivity contribution in [1.82, 2.24) is 9.91 Å². The molecule has 0 amide bonds.